The molecule has 126 valence electrons. The van der Waals surface area contributed by atoms with Gasteiger partial charge in [-0.05, 0) is 30.5 Å². The van der Waals surface area contributed by atoms with Crippen molar-refractivity contribution in [1.29, 1.82) is 0 Å². The maximum atomic E-state index is 13.5. The topological polar surface area (TPSA) is 61.8 Å². The molecular weight excluding hydrogens is 299 g/mol. The molecule has 2 atom stereocenters. The highest BCUT2D eigenvalue weighted by atomic mass is 19.1. The van der Waals surface area contributed by atoms with Gasteiger partial charge in [0.2, 0.25) is 5.91 Å². The summed E-state index contributed by atoms with van der Waals surface area (Å²) in [6.07, 6.45) is 2.22. The fourth-order valence-electron chi connectivity index (χ4n) is 3.40. The molecule has 0 aromatic heterocycles. The Hall–Kier alpha value is -1.66. The Bertz CT molecular complexity index is 541. The van der Waals surface area contributed by atoms with E-state index in [1.165, 1.54) is 6.07 Å². The number of aromatic hydroxyl groups is 1. The lowest BCUT2D eigenvalue weighted by atomic mass is 9.90. The maximum absolute atomic E-state index is 13.5. The van der Waals surface area contributed by atoms with Gasteiger partial charge in [0.05, 0.1) is 13.2 Å². The van der Waals surface area contributed by atoms with Crippen LogP contribution in [0.25, 0.3) is 0 Å². The number of phenolic OH excluding ortho intramolecular Hbond substituents is 1. The van der Waals surface area contributed by atoms with Gasteiger partial charge in [-0.15, -0.1) is 0 Å². The number of amides is 1. The molecule has 0 aliphatic carbocycles. The molecular formula is C17H23FN2O3. The Morgan fingerprint density at radius 3 is 3.04 bits per heavy atom. The normalized spacial score (nSPS) is 25.3. The third-order valence-electron chi connectivity index (χ3n) is 4.57. The predicted octanol–water partition coefficient (Wildman–Crippen LogP) is 1.62. The van der Waals surface area contributed by atoms with E-state index < -0.39 is 5.82 Å². The molecule has 0 saturated carbocycles. The van der Waals surface area contributed by atoms with Gasteiger partial charge in [-0.3, -0.25) is 4.79 Å². The van der Waals surface area contributed by atoms with Crippen LogP contribution in [-0.4, -0.2) is 54.8 Å². The largest absolute Gasteiger partial charge is 0.508 e. The minimum absolute atomic E-state index is 0.0630. The number of ether oxygens (including phenoxy) is 1. The van der Waals surface area contributed by atoms with E-state index >= 15 is 0 Å². The smallest absolute Gasteiger partial charge is 0.224 e. The van der Waals surface area contributed by atoms with E-state index in [0.717, 1.165) is 37.6 Å². The van der Waals surface area contributed by atoms with Gasteiger partial charge >= 0.3 is 0 Å². The predicted molar refractivity (Wildman–Crippen MR) is 83.8 cm³/mol. The van der Waals surface area contributed by atoms with Crippen molar-refractivity contribution in [3.8, 4) is 5.75 Å². The Balaban J connectivity index is 1.62. The summed E-state index contributed by atoms with van der Waals surface area (Å²) in [7, 11) is 0. The number of nitrogens with zero attached hydrogens (tertiary/aromatic N) is 1. The summed E-state index contributed by atoms with van der Waals surface area (Å²) in [4.78, 5) is 14.3. The van der Waals surface area contributed by atoms with E-state index in [9.17, 15) is 14.3 Å². The number of nitrogens with one attached hydrogen (secondary N) is 1. The average molecular weight is 322 g/mol. The first-order chi connectivity index (χ1) is 11.1. The van der Waals surface area contributed by atoms with Gasteiger partial charge in [0.1, 0.15) is 11.6 Å². The van der Waals surface area contributed by atoms with Gasteiger partial charge in [-0.2, -0.15) is 0 Å². The number of carbonyl (C=O) groups excluding carboxylic acids is 1. The van der Waals surface area contributed by atoms with Crippen molar-refractivity contribution in [2.24, 2.45) is 0 Å². The van der Waals surface area contributed by atoms with Crippen LogP contribution in [0.1, 0.15) is 30.7 Å². The van der Waals surface area contributed by atoms with Crippen LogP contribution in [0.3, 0.4) is 0 Å². The minimum Gasteiger partial charge on any atom is -0.508 e. The van der Waals surface area contributed by atoms with Crippen LogP contribution < -0.4 is 5.32 Å². The quantitative estimate of drug-likeness (QED) is 0.888. The molecule has 0 bridgehead atoms. The summed E-state index contributed by atoms with van der Waals surface area (Å²) < 4.78 is 18.9. The average Bonchev–Trinajstić information content (AvgIpc) is 2.55. The third kappa shape index (κ3) is 4.20. The van der Waals surface area contributed by atoms with Crippen molar-refractivity contribution in [3.63, 3.8) is 0 Å². The number of halogens is 1. The second kappa shape index (κ2) is 7.27. The summed E-state index contributed by atoms with van der Waals surface area (Å²) in [5, 5.41) is 12.9. The third-order valence-corrected chi connectivity index (χ3v) is 4.57. The van der Waals surface area contributed by atoms with Gasteiger partial charge in [0.25, 0.3) is 0 Å². The van der Waals surface area contributed by atoms with Crippen molar-refractivity contribution in [2.45, 2.75) is 31.2 Å². The SMILES string of the molecule is O=C(CC1COCCN1)N1CCCC(c2cc(O)cc(F)c2)C1. The van der Waals surface area contributed by atoms with E-state index in [1.807, 2.05) is 4.90 Å². The molecule has 2 N–H and O–H groups in total. The number of rotatable bonds is 3. The highest BCUT2D eigenvalue weighted by Gasteiger charge is 2.27. The molecule has 1 amide bonds. The highest BCUT2D eigenvalue weighted by Crippen LogP contribution is 2.30. The molecule has 2 heterocycles. The molecule has 6 heteroatoms. The number of likely N-dealkylation sites (tertiary alicyclic amines) is 1. The first kappa shape index (κ1) is 16.2. The molecule has 1 aromatic carbocycles. The van der Waals surface area contributed by atoms with Crippen molar-refractivity contribution in [2.75, 3.05) is 32.8 Å². The summed E-state index contributed by atoms with van der Waals surface area (Å²) >= 11 is 0. The van der Waals surface area contributed by atoms with Crippen LogP contribution >= 0.6 is 0 Å². The summed E-state index contributed by atoms with van der Waals surface area (Å²) in [5.41, 5.74) is 0.763. The molecule has 3 rings (SSSR count). The second-order valence-electron chi connectivity index (χ2n) is 6.35. The zero-order valence-electron chi connectivity index (χ0n) is 13.1. The van der Waals surface area contributed by atoms with E-state index in [-0.39, 0.29) is 23.6 Å². The van der Waals surface area contributed by atoms with Gasteiger partial charge < -0.3 is 20.1 Å². The molecule has 23 heavy (non-hydrogen) atoms. The van der Waals surface area contributed by atoms with Crippen LogP contribution in [-0.2, 0) is 9.53 Å². The van der Waals surface area contributed by atoms with E-state index in [4.69, 9.17) is 4.74 Å². The Morgan fingerprint density at radius 2 is 2.30 bits per heavy atom. The monoisotopic (exact) mass is 322 g/mol. The molecule has 2 aliphatic rings. The molecule has 1 aromatic rings. The number of hydrogen-bond donors (Lipinski definition) is 2. The van der Waals surface area contributed by atoms with Crippen LogP contribution in [0, 0.1) is 5.82 Å². The number of phenols is 1. The first-order valence-electron chi connectivity index (χ1n) is 8.20. The molecule has 2 saturated heterocycles. The summed E-state index contributed by atoms with van der Waals surface area (Å²) in [6, 6.07) is 4.23. The first-order valence-corrected chi connectivity index (χ1v) is 8.20. The van der Waals surface area contributed by atoms with Gasteiger partial charge in [-0.1, -0.05) is 0 Å². The van der Waals surface area contributed by atoms with Crippen molar-refractivity contribution in [1.82, 2.24) is 10.2 Å². The molecule has 0 spiro atoms. The van der Waals surface area contributed by atoms with E-state index in [0.29, 0.717) is 26.2 Å². The Morgan fingerprint density at radius 1 is 1.43 bits per heavy atom. The fraction of sp³-hybridized carbons (Fsp3) is 0.588. The van der Waals surface area contributed by atoms with Crippen LogP contribution in [0.2, 0.25) is 0 Å². The van der Waals surface area contributed by atoms with E-state index in [1.54, 1.807) is 6.07 Å². The van der Waals surface area contributed by atoms with E-state index in [2.05, 4.69) is 5.32 Å². The van der Waals surface area contributed by atoms with Crippen molar-refractivity contribution < 1.29 is 19.0 Å². The fourth-order valence-corrected chi connectivity index (χ4v) is 3.40. The minimum atomic E-state index is -0.438. The number of carbonyl (C=O) groups is 1. The van der Waals surface area contributed by atoms with Crippen LogP contribution in [0.5, 0.6) is 5.75 Å². The molecule has 2 aliphatic heterocycles. The number of morpholine rings is 1. The number of hydrogen-bond acceptors (Lipinski definition) is 4. The van der Waals surface area contributed by atoms with Crippen molar-refractivity contribution >= 4 is 5.91 Å². The van der Waals surface area contributed by atoms with Crippen molar-refractivity contribution in [3.05, 3.63) is 29.6 Å². The zero-order valence-corrected chi connectivity index (χ0v) is 13.1. The summed E-state index contributed by atoms with van der Waals surface area (Å²) in [6.45, 7) is 3.36. The lowest BCUT2D eigenvalue weighted by Gasteiger charge is -2.34. The number of benzene rings is 1. The number of piperidine rings is 1. The second-order valence-corrected chi connectivity index (χ2v) is 6.35. The molecule has 2 unspecified atom stereocenters. The maximum Gasteiger partial charge on any atom is 0.224 e. The lowest BCUT2D eigenvalue weighted by Crippen LogP contribution is -2.46. The molecule has 2 fully saturated rings. The zero-order chi connectivity index (χ0) is 16.2. The highest BCUT2D eigenvalue weighted by molar-refractivity contribution is 5.77. The van der Waals surface area contributed by atoms with Gasteiger partial charge in [0, 0.05) is 44.1 Å². The van der Waals surface area contributed by atoms with Gasteiger partial charge in [0.15, 0.2) is 0 Å². The Labute approximate surface area is 135 Å². The molecule has 5 nitrogen and oxygen atoms in total. The Kier molecular flexibility index (Phi) is 5.13. The van der Waals surface area contributed by atoms with Crippen LogP contribution in [0.15, 0.2) is 18.2 Å². The standard InChI is InChI=1S/C17H23FN2O3/c18-14-6-13(7-16(21)8-14)12-2-1-4-20(10-12)17(22)9-15-11-23-5-3-19-15/h6-8,12,15,19,21H,1-5,9-11H2. The lowest BCUT2D eigenvalue weighted by molar-refractivity contribution is -0.133. The summed E-state index contributed by atoms with van der Waals surface area (Å²) in [5.74, 6) is -0.317. The van der Waals surface area contributed by atoms with Crippen LogP contribution in [0.4, 0.5) is 4.39 Å². The molecule has 0 radical (unpaired) electrons. The van der Waals surface area contributed by atoms with Gasteiger partial charge in [-0.25, -0.2) is 4.39 Å².